The Kier molecular flexibility index (Phi) is 18.1. The molecule has 0 aromatic rings. The third-order valence-corrected chi connectivity index (χ3v) is 9.11. The molecule has 0 aliphatic carbocycles. The van der Waals surface area contributed by atoms with Gasteiger partial charge in [-0.15, -0.1) is 0 Å². The molecule has 5 N–H and O–H groups in total. The number of aliphatic hydroxyl groups excluding tert-OH is 3. The first-order valence-electron chi connectivity index (χ1n) is 14.6. The van der Waals surface area contributed by atoms with E-state index in [4.69, 9.17) is 18.3 Å². The number of hydrogen-bond acceptors (Lipinski definition) is 9. The summed E-state index contributed by atoms with van der Waals surface area (Å²) in [6, 6.07) is 0. The largest absolute Gasteiger partial charge is 0.407 e. The van der Waals surface area contributed by atoms with Gasteiger partial charge in [0.25, 0.3) is 10.1 Å². The zero-order valence-corrected chi connectivity index (χ0v) is 26.0. The number of unbranched alkanes of at least 4 members (excludes halogenated alkanes) is 8. The van der Waals surface area contributed by atoms with Crippen molar-refractivity contribution < 1.29 is 46.6 Å². The first-order valence-corrected chi connectivity index (χ1v) is 17.7. The third-order valence-electron chi connectivity index (χ3n) is 6.75. The van der Waals surface area contributed by atoms with Crippen molar-refractivity contribution in [2.45, 2.75) is 135 Å². The lowest BCUT2D eigenvalue weighted by Gasteiger charge is -2.41. The molecule has 1 aliphatic rings. The van der Waals surface area contributed by atoms with Crippen LogP contribution in [0.2, 0.25) is 0 Å². The second kappa shape index (κ2) is 19.1. The van der Waals surface area contributed by atoms with E-state index in [1.807, 2.05) is 0 Å². The molecule has 0 aromatic heterocycles. The molecular weight excluding hydrogens is 549 g/mol. The van der Waals surface area contributed by atoms with Crippen molar-refractivity contribution >= 4 is 17.9 Å². The summed E-state index contributed by atoms with van der Waals surface area (Å²) in [7, 11) is -8.60. The molecule has 1 fully saturated rings. The van der Waals surface area contributed by atoms with Crippen LogP contribution in [0.4, 0.5) is 0 Å². The highest BCUT2D eigenvalue weighted by Gasteiger charge is 2.47. The van der Waals surface area contributed by atoms with Gasteiger partial charge in [0.05, 0.1) is 13.2 Å². The molecule has 13 heteroatoms. The van der Waals surface area contributed by atoms with Crippen LogP contribution in [0, 0.1) is 11.8 Å². The molecule has 39 heavy (non-hydrogen) atoms. The van der Waals surface area contributed by atoms with Crippen LogP contribution in [0.3, 0.4) is 0 Å². The molecule has 1 saturated heterocycles. The first kappa shape index (κ1) is 36.9. The van der Waals surface area contributed by atoms with E-state index in [1.54, 1.807) is 0 Å². The molecule has 1 rings (SSSR count). The van der Waals surface area contributed by atoms with Crippen LogP contribution < -0.4 is 5.09 Å². The van der Waals surface area contributed by atoms with Gasteiger partial charge in [0.15, 0.2) is 0 Å². The Morgan fingerprint density at radius 2 is 1.18 bits per heavy atom. The summed E-state index contributed by atoms with van der Waals surface area (Å²) >= 11 is 0. The van der Waals surface area contributed by atoms with Gasteiger partial charge in [-0.3, -0.25) is 13.6 Å². The van der Waals surface area contributed by atoms with E-state index in [9.17, 15) is 28.3 Å². The molecule has 1 heterocycles. The molecule has 0 aromatic carbocycles. The molecule has 234 valence electrons. The normalized spacial score (nSPS) is 24.6. The molecule has 0 amide bonds. The van der Waals surface area contributed by atoms with Crippen LogP contribution in [0.25, 0.3) is 0 Å². The molecule has 0 unspecified atom stereocenters. The van der Waals surface area contributed by atoms with E-state index in [2.05, 4.69) is 32.8 Å². The van der Waals surface area contributed by atoms with Crippen molar-refractivity contribution in [3.63, 3.8) is 0 Å². The SMILES string of the molecule is CC(C)CCCCCCCOP(=O)(N[C@@H]1O[C@H](CS(=O)(=O)O)[C@@H](O)[C@H](O)[C@H]1O)OCCCCCCCC(C)C. The maximum Gasteiger partial charge on any atom is 0.407 e. The Labute approximate surface area is 235 Å². The third kappa shape index (κ3) is 16.8. The highest BCUT2D eigenvalue weighted by atomic mass is 32.2. The second-order valence-corrected chi connectivity index (χ2v) is 14.8. The summed E-state index contributed by atoms with van der Waals surface area (Å²) in [5.41, 5.74) is 0. The van der Waals surface area contributed by atoms with Crippen LogP contribution in [0.5, 0.6) is 0 Å². The summed E-state index contributed by atoms with van der Waals surface area (Å²) < 4.78 is 62.0. The summed E-state index contributed by atoms with van der Waals surface area (Å²) in [5, 5.41) is 33.2. The number of ether oxygens (including phenoxy) is 1. The minimum absolute atomic E-state index is 0.131. The number of hydrogen-bond donors (Lipinski definition) is 5. The predicted octanol–water partition coefficient (Wildman–Crippen LogP) is 4.41. The van der Waals surface area contributed by atoms with Gasteiger partial charge >= 0.3 is 7.75 Å². The predicted molar refractivity (Wildman–Crippen MR) is 151 cm³/mol. The van der Waals surface area contributed by atoms with Crippen molar-refractivity contribution in [3.8, 4) is 0 Å². The van der Waals surface area contributed by atoms with Crippen molar-refractivity contribution in [1.82, 2.24) is 5.09 Å². The van der Waals surface area contributed by atoms with Gasteiger partial charge in [-0.25, -0.2) is 4.57 Å². The lowest BCUT2D eigenvalue weighted by molar-refractivity contribution is -0.220. The van der Waals surface area contributed by atoms with Gasteiger partial charge in [-0.1, -0.05) is 91.9 Å². The van der Waals surface area contributed by atoms with Crippen molar-refractivity contribution in [2.75, 3.05) is 19.0 Å². The zero-order valence-electron chi connectivity index (χ0n) is 24.2. The highest BCUT2D eigenvalue weighted by Crippen LogP contribution is 2.46. The van der Waals surface area contributed by atoms with Crippen molar-refractivity contribution in [3.05, 3.63) is 0 Å². The lowest BCUT2D eigenvalue weighted by atomic mass is 9.99. The topological polar surface area (TPSA) is 172 Å². The van der Waals surface area contributed by atoms with E-state index >= 15 is 0 Å². The Bertz CT molecular complexity index is 770. The van der Waals surface area contributed by atoms with Gasteiger partial charge in [0, 0.05) is 0 Å². The molecule has 11 nitrogen and oxygen atoms in total. The minimum Gasteiger partial charge on any atom is -0.388 e. The molecular formula is C26H54NO10PS. The molecule has 0 saturated carbocycles. The number of aliphatic hydroxyl groups is 3. The van der Waals surface area contributed by atoms with Crippen LogP contribution in [0.1, 0.15) is 105 Å². The van der Waals surface area contributed by atoms with E-state index in [0.717, 1.165) is 51.4 Å². The van der Waals surface area contributed by atoms with E-state index in [1.165, 1.54) is 12.8 Å². The van der Waals surface area contributed by atoms with Crippen LogP contribution >= 0.6 is 7.75 Å². The van der Waals surface area contributed by atoms with Gasteiger partial charge in [-0.2, -0.15) is 13.5 Å². The fourth-order valence-electron chi connectivity index (χ4n) is 4.41. The van der Waals surface area contributed by atoms with Crippen LogP contribution in [-0.2, 0) is 28.5 Å². The van der Waals surface area contributed by atoms with E-state index in [0.29, 0.717) is 24.7 Å². The van der Waals surface area contributed by atoms with Gasteiger partial charge < -0.3 is 20.1 Å². The maximum atomic E-state index is 13.6. The fourth-order valence-corrected chi connectivity index (χ4v) is 6.59. The Morgan fingerprint density at radius 3 is 1.62 bits per heavy atom. The van der Waals surface area contributed by atoms with E-state index < -0.39 is 54.3 Å². The second-order valence-electron chi connectivity index (χ2n) is 11.5. The summed E-state index contributed by atoms with van der Waals surface area (Å²) in [6.45, 7) is 9.05. The monoisotopic (exact) mass is 603 g/mol. The lowest BCUT2D eigenvalue weighted by Crippen LogP contribution is -2.62. The Balaban J connectivity index is 2.68. The molecule has 0 radical (unpaired) electrons. The molecule has 5 atom stereocenters. The van der Waals surface area contributed by atoms with Gasteiger partial charge in [-0.05, 0) is 24.7 Å². The van der Waals surface area contributed by atoms with Gasteiger partial charge in [0.2, 0.25) is 0 Å². The minimum atomic E-state index is -4.57. The Morgan fingerprint density at radius 1 is 0.744 bits per heavy atom. The summed E-state index contributed by atoms with van der Waals surface area (Å²) in [4.78, 5) is 0. The highest BCUT2D eigenvalue weighted by molar-refractivity contribution is 7.85. The first-order chi connectivity index (χ1) is 18.2. The van der Waals surface area contributed by atoms with E-state index in [-0.39, 0.29) is 13.2 Å². The zero-order chi connectivity index (χ0) is 29.5. The molecule has 1 aliphatic heterocycles. The number of rotatable bonds is 22. The molecule has 0 spiro atoms. The van der Waals surface area contributed by atoms with Crippen LogP contribution in [0.15, 0.2) is 0 Å². The molecule has 0 bridgehead atoms. The Hall–Kier alpha value is -0.140. The standard InChI is InChI=1S/C26H54NO10PS/c1-20(2)15-11-7-5-9-13-17-35-38(31,36-18-14-10-6-8-12-16-21(3)4)27-26-25(30)24(29)23(28)22(37-26)19-39(32,33)34/h20-26,28-30H,5-19H2,1-4H3,(H,27,31)(H,32,33,34)/t22-,23-,24+,25-,26-/m1/s1. The van der Waals surface area contributed by atoms with Crippen LogP contribution in [-0.4, -0.2) is 77.9 Å². The van der Waals surface area contributed by atoms with Crippen molar-refractivity contribution in [2.24, 2.45) is 11.8 Å². The maximum absolute atomic E-state index is 13.6. The summed E-state index contributed by atoms with van der Waals surface area (Å²) in [6.07, 6.45) is 3.55. The quantitative estimate of drug-likeness (QED) is 0.0674. The smallest absolute Gasteiger partial charge is 0.388 e. The average Bonchev–Trinajstić information content (AvgIpc) is 2.83. The average molecular weight is 604 g/mol. The van der Waals surface area contributed by atoms with Crippen molar-refractivity contribution in [1.29, 1.82) is 0 Å². The fraction of sp³-hybridized carbons (Fsp3) is 1.00. The summed E-state index contributed by atoms with van der Waals surface area (Å²) in [5.74, 6) is 0.337. The van der Waals surface area contributed by atoms with Gasteiger partial charge in [0.1, 0.15) is 36.4 Å². The number of nitrogens with one attached hydrogen (secondary N) is 1.